The van der Waals surface area contributed by atoms with Gasteiger partial charge in [0.2, 0.25) is 0 Å². The molecule has 0 saturated heterocycles. The number of phenols is 1. The zero-order valence-corrected chi connectivity index (χ0v) is 27.8. The van der Waals surface area contributed by atoms with Crippen LogP contribution >= 0.6 is 0 Å². The van der Waals surface area contributed by atoms with Crippen LogP contribution in [0.4, 0.5) is 0 Å². The minimum absolute atomic E-state index is 0.195. The van der Waals surface area contributed by atoms with Crippen LogP contribution in [0.3, 0.4) is 0 Å². The molecular formula is C38H46N2O8. The molecule has 3 aliphatic heterocycles. The molecular weight excluding hydrogens is 612 g/mol. The summed E-state index contributed by atoms with van der Waals surface area (Å²) >= 11 is 0. The van der Waals surface area contributed by atoms with Crippen LogP contribution in [0.2, 0.25) is 0 Å². The Morgan fingerprint density at radius 1 is 0.979 bits per heavy atom. The van der Waals surface area contributed by atoms with Crippen LogP contribution in [0.1, 0.15) is 53.7 Å². The Bertz CT molecular complexity index is 1640. The molecule has 48 heavy (non-hydrogen) atoms. The highest BCUT2D eigenvalue weighted by Crippen LogP contribution is 2.52. The van der Waals surface area contributed by atoms with Gasteiger partial charge in [0.05, 0.1) is 45.5 Å². The van der Waals surface area contributed by atoms with Crippen LogP contribution in [0.15, 0.2) is 78.1 Å². The van der Waals surface area contributed by atoms with E-state index >= 15 is 0 Å². The number of benzene rings is 3. The molecule has 3 aromatic carbocycles. The van der Waals surface area contributed by atoms with E-state index in [1.165, 1.54) is 0 Å². The van der Waals surface area contributed by atoms with E-state index in [-0.39, 0.29) is 30.3 Å². The number of nitrogens with two attached hydrogens (primary N) is 1. The van der Waals surface area contributed by atoms with Crippen molar-refractivity contribution in [3.8, 4) is 28.7 Å². The molecule has 0 amide bonds. The molecule has 0 aromatic heterocycles. The number of dihydropyridines is 1. The number of aliphatic hydroxyl groups excluding tert-OH is 1. The molecule has 0 aliphatic carbocycles. The number of ether oxygens (including phenoxy) is 6. The van der Waals surface area contributed by atoms with Gasteiger partial charge in [0.15, 0.2) is 0 Å². The SMILES string of the molecule is COCCC[C@@H]1Oc2ccc(OC)cc2[C@H](OCCC2=CCNC(N)=C2)[C@@H]1[C@H]1COc2c(Cc3cccc(O)c3)cc(OC)cc2[C@H]1O. The number of fused-ring (bicyclic) bond motifs is 2. The lowest BCUT2D eigenvalue weighted by Gasteiger charge is -2.46. The van der Waals surface area contributed by atoms with Crippen molar-refractivity contribution in [3.05, 3.63) is 100 Å². The van der Waals surface area contributed by atoms with E-state index in [9.17, 15) is 10.2 Å². The van der Waals surface area contributed by atoms with Gasteiger partial charge < -0.3 is 49.7 Å². The lowest BCUT2D eigenvalue weighted by molar-refractivity contribution is -0.112. The maximum Gasteiger partial charge on any atom is 0.128 e. The molecule has 3 aliphatic rings. The van der Waals surface area contributed by atoms with E-state index in [1.54, 1.807) is 33.5 Å². The number of allylic oxidation sites excluding steroid dienone is 1. The molecule has 10 heteroatoms. The first-order chi connectivity index (χ1) is 23.4. The van der Waals surface area contributed by atoms with Gasteiger partial charge in [-0.1, -0.05) is 18.2 Å². The molecule has 0 fully saturated rings. The summed E-state index contributed by atoms with van der Waals surface area (Å²) in [7, 11) is 4.95. The van der Waals surface area contributed by atoms with Crippen molar-refractivity contribution in [3.63, 3.8) is 0 Å². The van der Waals surface area contributed by atoms with Gasteiger partial charge in [0.1, 0.15) is 34.9 Å². The topological polar surface area (TPSA) is 134 Å². The molecule has 256 valence electrons. The Hall–Kier alpha value is -4.38. The second-order valence-corrected chi connectivity index (χ2v) is 12.5. The van der Waals surface area contributed by atoms with E-state index < -0.39 is 12.2 Å². The summed E-state index contributed by atoms with van der Waals surface area (Å²) in [6.45, 7) is 1.98. The van der Waals surface area contributed by atoms with Crippen molar-refractivity contribution >= 4 is 0 Å². The third-order valence-electron chi connectivity index (χ3n) is 9.46. The van der Waals surface area contributed by atoms with Crippen molar-refractivity contribution < 1.29 is 38.6 Å². The monoisotopic (exact) mass is 658 g/mol. The van der Waals surface area contributed by atoms with Gasteiger partial charge in [-0.25, -0.2) is 0 Å². The van der Waals surface area contributed by atoms with Crippen LogP contribution in [-0.4, -0.2) is 64.0 Å². The normalized spacial score (nSPS) is 23.0. The first kappa shape index (κ1) is 33.5. The highest BCUT2D eigenvalue weighted by molar-refractivity contribution is 5.52. The highest BCUT2D eigenvalue weighted by Gasteiger charge is 2.48. The molecule has 3 heterocycles. The fourth-order valence-corrected chi connectivity index (χ4v) is 7.13. The predicted octanol–water partition coefficient (Wildman–Crippen LogP) is 5.32. The van der Waals surface area contributed by atoms with Gasteiger partial charge in [-0.15, -0.1) is 0 Å². The lowest BCUT2D eigenvalue weighted by Crippen LogP contribution is -2.46. The van der Waals surface area contributed by atoms with Crippen molar-refractivity contribution in [2.24, 2.45) is 17.6 Å². The zero-order valence-electron chi connectivity index (χ0n) is 27.8. The molecule has 10 nitrogen and oxygen atoms in total. The van der Waals surface area contributed by atoms with Gasteiger partial charge in [-0.05, 0) is 78.9 Å². The first-order valence-corrected chi connectivity index (χ1v) is 16.5. The molecule has 5 N–H and O–H groups in total. The molecule has 0 bridgehead atoms. The summed E-state index contributed by atoms with van der Waals surface area (Å²) in [6, 6.07) is 16.7. The summed E-state index contributed by atoms with van der Waals surface area (Å²) in [4.78, 5) is 0. The first-order valence-electron chi connectivity index (χ1n) is 16.5. The van der Waals surface area contributed by atoms with Crippen molar-refractivity contribution in [2.75, 3.05) is 47.7 Å². The molecule has 3 aromatic rings. The number of phenolic OH excluding ortho intramolecular Hbond substituents is 1. The van der Waals surface area contributed by atoms with Gasteiger partial charge >= 0.3 is 0 Å². The third kappa shape index (κ3) is 7.36. The minimum atomic E-state index is -0.890. The Balaban J connectivity index is 1.36. The van der Waals surface area contributed by atoms with Gasteiger partial charge in [0.25, 0.3) is 0 Å². The second kappa shape index (κ2) is 15.2. The largest absolute Gasteiger partial charge is 0.508 e. The summed E-state index contributed by atoms with van der Waals surface area (Å²) < 4.78 is 36.9. The number of rotatable bonds is 13. The average Bonchev–Trinajstić information content (AvgIpc) is 3.09. The van der Waals surface area contributed by atoms with E-state index in [4.69, 9.17) is 34.2 Å². The van der Waals surface area contributed by atoms with Crippen LogP contribution in [0.25, 0.3) is 0 Å². The fraction of sp³-hybridized carbons (Fsp3) is 0.421. The molecule has 6 rings (SSSR count). The van der Waals surface area contributed by atoms with Crippen LogP contribution in [0, 0.1) is 11.8 Å². The summed E-state index contributed by atoms with van der Waals surface area (Å²) in [5.74, 6) is 2.90. The fourth-order valence-electron chi connectivity index (χ4n) is 7.13. The molecule has 0 radical (unpaired) electrons. The number of hydrogen-bond acceptors (Lipinski definition) is 10. The summed E-state index contributed by atoms with van der Waals surface area (Å²) in [5.41, 5.74) is 10.5. The number of hydrogen-bond donors (Lipinski definition) is 4. The number of aromatic hydroxyl groups is 1. The Morgan fingerprint density at radius 2 is 1.81 bits per heavy atom. The van der Waals surface area contributed by atoms with Crippen LogP contribution in [-0.2, 0) is 15.9 Å². The average molecular weight is 659 g/mol. The smallest absolute Gasteiger partial charge is 0.128 e. The minimum Gasteiger partial charge on any atom is -0.508 e. The highest BCUT2D eigenvalue weighted by atomic mass is 16.5. The molecule has 0 unspecified atom stereocenters. The second-order valence-electron chi connectivity index (χ2n) is 12.5. The quantitative estimate of drug-likeness (QED) is 0.179. The van der Waals surface area contributed by atoms with E-state index in [1.807, 2.05) is 48.5 Å². The predicted molar refractivity (Wildman–Crippen MR) is 182 cm³/mol. The molecule has 0 saturated carbocycles. The van der Waals surface area contributed by atoms with Crippen molar-refractivity contribution in [2.45, 2.75) is 44.0 Å². The standard InChI is InChI=1S/C38H46N2O8/c1-43-14-5-8-33-35(38(29-20-27(44-2)9-10-32(29)48-33)46-15-12-23-11-13-40-34(39)18-23)31-22-47-37-25(16-24-6-4-7-26(41)17-24)19-28(45-3)21-30(37)36(31)42/h4,6-7,9-11,17-21,31,33,35-36,38,40-42H,5,8,12-16,22,39H2,1-3H3/t31-,33+,35-,36-,38+/m1/s1. The van der Waals surface area contributed by atoms with Crippen LogP contribution < -0.4 is 30.0 Å². The summed E-state index contributed by atoms with van der Waals surface area (Å²) in [6.07, 6.45) is 5.14. The number of nitrogens with one attached hydrogen (secondary N) is 1. The van der Waals surface area contributed by atoms with Gasteiger partial charge in [-0.2, -0.15) is 0 Å². The molecule has 5 atom stereocenters. The third-order valence-corrected chi connectivity index (χ3v) is 9.46. The maximum absolute atomic E-state index is 12.3. The van der Waals surface area contributed by atoms with E-state index in [0.717, 1.165) is 34.4 Å². The number of methoxy groups -OCH3 is 3. The Morgan fingerprint density at radius 3 is 2.58 bits per heavy atom. The van der Waals surface area contributed by atoms with E-state index in [0.29, 0.717) is 67.7 Å². The van der Waals surface area contributed by atoms with Gasteiger partial charge in [0, 0.05) is 55.2 Å². The van der Waals surface area contributed by atoms with Crippen LogP contribution in [0.5, 0.6) is 28.7 Å². The Kier molecular flexibility index (Phi) is 10.6. The lowest BCUT2D eigenvalue weighted by atomic mass is 9.72. The van der Waals surface area contributed by atoms with Crippen molar-refractivity contribution in [1.82, 2.24) is 5.32 Å². The zero-order chi connectivity index (χ0) is 33.6. The summed E-state index contributed by atoms with van der Waals surface area (Å²) in [5, 5.41) is 25.5. The Labute approximate surface area is 282 Å². The molecule has 0 spiro atoms. The number of aliphatic hydroxyl groups is 1. The van der Waals surface area contributed by atoms with Gasteiger partial charge in [-0.3, -0.25) is 0 Å². The van der Waals surface area contributed by atoms with Crippen molar-refractivity contribution in [1.29, 1.82) is 0 Å². The van der Waals surface area contributed by atoms with E-state index in [2.05, 4.69) is 11.4 Å². The maximum atomic E-state index is 12.3.